The predicted octanol–water partition coefficient (Wildman–Crippen LogP) is 5.00. The zero-order chi connectivity index (χ0) is 39.9. The van der Waals surface area contributed by atoms with Crippen molar-refractivity contribution < 1.29 is 37.0 Å². The number of rotatable bonds is 14. The van der Waals surface area contributed by atoms with Crippen LogP contribution in [0.5, 0.6) is 5.75 Å². The van der Waals surface area contributed by atoms with Gasteiger partial charge in [0.2, 0.25) is 11.9 Å². The van der Waals surface area contributed by atoms with Gasteiger partial charge in [0.1, 0.15) is 29.6 Å². The van der Waals surface area contributed by atoms with Crippen LogP contribution in [0.4, 0.5) is 9.59 Å². The largest absolute Gasteiger partial charge is 0.487 e. The summed E-state index contributed by atoms with van der Waals surface area (Å²) in [5.74, 6) is -0.0342. The number of aliphatic imine (C=N–C) groups is 1. The Hall–Kier alpha value is -4.53. The molecule has 53 heavy (non-hydrogen) atoms. The van der Waals surface area contributed by atoms with Gasteiger partial charge in [-0.3, -0.25) is 9.79 Å². The van der Waals surface area contributed by atoms with Crippen molar-refractivity contribution in [1.82, 2.24) is 20.3 Å². The molecule has 0 saturated carbocycles. The Morgan fingerprint density at radius 2 is 1.68 bits per heavy atom. The molecule has 1 aliphatic rings. The second-order valence-electron chi connectivity index (χ2n) is 16.0. The van der Waals surface area contributed by atoms with Crippen LogP contribution in [0.1, 0.15) is 89.1 Å². The molecule has 2 aromatic carbocycles. The monoisotopic (exact) mass is 758 g/mol. The fourth-order valence-corrected chi connectivity index (χ4v) is 7.65. The average Bonchev–Trinajstić information content (AvgIpc) is 3.37. The Labute approximate surface area is 314 Å². The zero-order valence-electron chi connectivity index (χ0n) is 33.1. The van der Waals surface area contributed by atoms with E-state index in [9.17, 15) is 22.8 Å². The number of nitrogens with two attached hydrogens (primary N) is 1. The highest BCUT2D eigenvalue weighted by atomic mass is 32.2. The van der Waals surface area contributed by atoms with E-state index in [1.54, 1.807) is 41.7 Å². The summed E-state index contributed by atoms with van der Waals surface area (Å²) in [5.41, 5.74) is 7.91. The number of hydrogen-bond donors (Lipinski definition) is 4. The standard InChI is InChI=1S/C38H58N6O8S/c1-24-25(2)31(26(3)28-20-38(9,10)51-30(24)28)53(48,49)43-33(39)40-19-15-18-29(42-34(46)52-36(4,5)6)32(45)41-22-37(7,8)23-44(11)35(47)50-21-27-16-13-12-14-17-27/h12-14,16-17,29H,15,18-23H2,1-11H3,(H,41,45)(H,42,46)(H3,39,40,43)/t29-/m0/s1. The van der Waals surface area contributed by atoms with E-state index in [0.29, 0.717) is 17.5 Å². The Bertz CT molecular complexity index is 1790. The van der Waals surface area contributed by atoms with Crippen molar-refractivity contribution in [2.75, 3.05) is 26.7 Å². The smallest absolute Gasteiger partial charge is 0.409 e. The Morgan fingerprint density at radius 1 is 1.04 bits per heavy atom. The van der Waals surface area contributed by atoms with Crippen LogP contribution in [0.3, 0.4) is 0 Å². The number of nitrogens with one attached hydrogen (secondary N) is 3. The van der Waals surface area contributed by atoms with Crippen LogP contribution in [0.15, 0.2) is 40.2 Å². The minimum Gasteiger partial charge on any atom is -0.487 e. The van der Waals surface area contributed by atoms with Gasteiger partial charge in [0.25, 0.3) is 10.0 Å². The van der Waals surface area contributed by atoms with Crippen molar-refractivity contribution in [3.05, 3.63) is 58.1 Å². The van der Waals surface area contributed by atoms with Crippen LogP contribution in [0.25, 0.3) is 0 Å². The third-order valence-electron chi connectivity index (χ3n) is 8.66. The molecule has 1 atom stereocenters. The van der Waals surface area contributed by atoms with Crippen LogP contribution in [0.2, 0.25) is 0 Å². The molecule has 0 unspecified atom stereocenters. The minimum atomic E-state index is -4.09. The van der Waals surface area contributed by atoms with Gasteiger partial charge in [-0.05, 0) is 95.9 Å². The number of sulfonamides is 1. The number of benzene rings is 2. The summed E-state index contributed by atoms with van der Waals surface area (Å²) >= 11 is 0. The van der Waals surface area contributed by atoms with Crippen molar-refractivity contribution in [3.63, 3.8) is 0 Å². The Balaban J connectivity index is 1.62. The van der Waals surface area contributed by atoms with Crippen LogP contribution in [-0.2, 0) is 37.3 Å². The van der Waals surface area contributed by atoms with Gasteiger partial charge in [-0.1, -0.05) is 44.2 Å². The molecule has 0 bridgehead atoms. The molecule has 0 spiro atoms. The Morgan fingerprint density at radius 3 is 2.30 bits per heavy atom. The first-order chi connectivity index (χ1) is 24.4. The number of hydrogen-bond acceptors (Lipinski definition) is 9. The van der Waals surface area contributed by atoms with E-state index in [-0.39, 0.29) is 49.9 Å². The summed E-state index contributed by atoms with van der Waals surface area (Å²) in [5, 5.41) is 5.51. The first-order valence-electron chi connectivity index (χ1n) is 17.7. The van der Waals surface area contributed by atoms with E-state index in [1.807, 2.05) is 65.0 Å². The van der Waals surface area contributed by atoms with Gasteiger partial charge < -0.3 is 35.5 Å². The summed E-state index contributed by atoms with van der Waals surface area (Å²) in [7, 11) is -2.46. The number of amides is 3. The highest BCUT2D eigenvalue weighted by Crippen LogP contribution is 2.43. The first kappa shape index (κ1) is 42.9. The van der Waals surface area contributed by atoms with Crippen molar-refractivity contribution in [3.8, 4) is 5.75 Å². The van der Waals surface area contributed by atoms with Crippen molar-refractivity contribution in [2.24, 2.45) is 16.1 Å². The van der Waals surface area contributed by atoms with E-state index >= 15 is 0 Å². The number of alkyl carbamates (subject to hydrolysis) is 1. The quantitative estimate of drug-likeness (QED) is 0.117. The fraction of sp³-hybridized carbons (Fsp3) is 0.579. The molecule has 0 radical (unpaired) electrons. The third-order valence-corrected chi connectivity index (χ3v) is 10.3. The fourth-order valence-electron chi connectivity index (χ4n) is 6.12. The van der Waals surface area contributed by atoms with Gasteiger partial charge in [0.15, 0.2) is 0 Å². The SMILES string of the molecule is Cc1c(C)c(S(=O)(=O)NC(N)=NCCC[C@H](NC(=O)OC(C)(C)C)C(=O)NCC(C)(C)CN(C)C(=O)OCc2ccccc2)c(C)c2c1OC(C)(C)C2. The molecular formula is C38H58N6O8S. The lowest BCUT2D eigenvalue weighted by Gasteiger charge is -2.31. The van der Waals surface area contributed by atoms with Gasteiger partial charge in [-0.25, -0.2) is 22.7 Å². The van der Waals surface area contributed by atoms with E-state index in [1.165, 1.54) is 4.90 Å². The molecule has 1 aliphatic heterocycles. The van der Waals surface area contributed by atoms with Crippen molar-refractivity contribution >= 4 is 34.1 Å². The molecule has 0 fully saturated rings. The maximum absolute atomic E-state index is 13.6. The first-order valence-corrected chi connectivity index (χ1v) is 19.2. The lowest BCUT2D eigenvalue weighted by atomic mass is 9.92. The van der Waals surface area contributed by atoms with Crippen molar-refractivity contribution in [1.29, 1.82) is 0 Å². The number of guanidine groups is 1. The zero-order valence-corrected chi connectivity index (χ0v) is 33.9. The number of carbonyl (C=O) groups excluding carboxylic acids is 3. The number of ether oxygens (including phenoxy) is 3. The van der Waals surface area contributed by atoms with Gasteiger partial charge in [0, 0.05) is 38.7 Å². The molecule has 3 rings (SSSR count). The van der Waals surface area contributed by atoms with Crippen LogP contribution in [-0.4, -0.2) is 81.3 Å². The molecule has 3 amide bonds. The summed E-state index contributed by atoms with van der Waals surface area (Å²) in [6.45, 7) is 18.9. The summed E-state index contributed by atoms with van der Waals surface area (Å²) in [6.07, 6.45) is -0.258. The van der Waals surface area contributed by atoms with Crippen LogP contribution >= 0.6 is 0 Å². The maximum atomic E-state index is 13.6. The van der Waals surface area contributed by atoms with Gasteiger partial charge >= 0.3 is 12.2 Å². The molecule has 1 heterocycles. The van der Waals surface area contributed by atoms with E-state index in [2.05, 4.69) is 20.3 Å². The van der Waals surface area contributed by atoms with Gasteiger partial charge in [-0.2, -0.15) is 0 Å². The molecule has 5 N–H and O–H groups in total. The summed E-state index contributed by atoms with van der Waals surface area (Å²) in [4.78, 5) is 44.5. The molecule has 0 saturated heterocycles. The van der Waals surface area contributed by atoms with Crippen LogP contribution < -0.4 is 25.8 Å². The normalized spacial score (nSPS) is 14.7. The topological polar surface area (TPSA) is 191 Å². The second-order valence-corrected chi connectivity index (χ2v) is 17.7. The lowest BCUT2D eigenvalue weighted by Crippen LogP contribution is -2.51. The van der Waals surface area contributed by atoms with Crippen LogP contribution in [0, 0.1) is 26.2 Å². The molecule has 2 aromatic rings. The third kappa shape index (κ3) is 12.5. The second kappa shape index (κ2) is 17.1. The Kier molecular flexibility index (Phi) is 13.8. The molecule has 0 aromatic heterocycles. The summed E-state index contributed by atoms with van der Waals surface area (Å²) < 4.78 is 46.4. The highest BCUT2D eigenvalue weighted by molar-refractivity contribution is 7.90. The minimum absolute atomic E-state index is 0.0682. The number of carbonyl (C=O) groups is 3. The molecule has 14 nitrogen and oxygen atoms in total. The predicted molar refractivity (Wildman–Crippen MR) is 204 cm³/mol. The van der Waals surface area contributed by atoms with Gasteiger partial charge in [0.05, 0.1) is 4.90 Å². The highest BCUT2D eigenvalue weighted by Gasteiger charge is 2.37. The number of nitrogens with zero attached hydrogens (tertiary/aromatic N) is 2. The summed E-state index contributed by atoms with van der Waals surface area (Å²) in [6, 6.07) is 8.36. The molecule has 294 valence electrons. The molecular weight excluding hydrogens is 701 g/mol. The van der Waals surface area contributed by atoms with E-state index in [4.69, 9.17) is 19.9 Å². The average molecular weight is 759 g/mol. The van der Waals surface area contributed by atoms with Crippen molar-refractivity contribution in [2.45, 2.75) is 117 Å². The van der Waals surface area contributed by atoms with E-state index in [0.717, 1.165) is 22.4 Å². The molecule has 15 heteroatoms. The lowest BCUT2D eigenvalue weighted by molar-refractivity contribution is -0.123. The molecule has 0 aliphatic carbocycles. The van der Waals surface area contributed by atoms with E-state index < -0.39 is 50.8 Å². The number of fused-ring (bicyclic) bond motifs is 1. The van der Waals surface area contributed by atoms with Gasteiger partial charge in [-0.15, -0.1) is 0 Å². The maximum Gasteiger partial charge on any atom is 0.409 e.